The first kappa shape index (κ1) is 12.5. The number of amides is 2. The normalized spacial score (nSPS) is 13.9. The zero-order valence-corrected chi connectivity index (χ0v) is 12.6. The predicted molar refractivity (Wildman–Crippen MR) is 77.2 cm³/mol. The maximum Gasteiger partial charge on any atom is 0.266 e. The van der Waals surface area contributed by atoms with Gasteiger partial charge in [-0.15, -0.1) is 0 Å². The van der Waals surface area contributed by atoms with Crippen LogP contribution in [0.3, 0.4) is 0 Å². The van der Waals surface area contributed by atoms with Gasteiger partial charge in [-0.3, -0.25) is 9.59 Å². The van der Waals surface area contributed by atoms with Crippen LogP contribution in [0.4, 0.5) is 5.69 Å². The number of nitrogens with zero attached hydrogens (tertiary/aromatic N) is 2. The van der Waals surface area contributed by atoms with Crippen molar-refractivity contribution in [3.8, 4) is 0 Å². The van der Waals surface area contributed by atoms with Crippen molar-refractivity contribution in [3.63, 3.8) is 0 Å². The third-order valence-electron chi connectivity index (χ3n) is 2.82. The van der Waals surface area contributed by atoms with E-state index < -0.39 is 0 Å². The van der Waals surface area contributed by atoms with Crippen LogP contribution in [0.15, 0.2) is 45.6 Å². The molecular weight excluding hydrogens is 376 g/mol. The van der Waals surface area contributed by atoms with Crippen molar-refractivity contribution >= 4 is 49.4 Å². The minimum absolute atomic E-state index is 0.323. The molecule has 0 atom stereocenters. The van der Waals surface area contributed by atoms with Gasteiger partial charge in [-0.2, -0.15) is 0 Å². The minimum atomic E-state index is -0.328. The van der Waals surface area contributed by atoms with Crippen LogP contribution in [0, 0.1) is 0 Å². The number of pyridine rings is 1. The summed E-state index contributed by atoms with van der Waals surface area (Å²) in [6, 6.07) is 8.41. The summed E-state index contributed by atoms with van der Waals surface area (Å²) < 4.78 is 1.42. The third kappa shape index (κ3) is 2.01. The molecule has 4 nitrogen and oxygen atoms in total. The molecule has 6 heteroatoms. The summed E-state index contributed by atoms with van der Waals surface area (Å²) in [5.74, 6) is -0.651. The second-order valence-electron chi connectivity index (χ2n) is 3.97. The Labute approximate surface area is 125 Å². The van der Waals surface area contributed by atoms with Crippen molar-refractivity contribution in [3.05, 3.63) is 56.7 Å². The van der Waals surface area contributed by atoms with Gasteiger partial charge in [0.05, 0.1) is 23.0 Å². The molecule has 1 aromatic heterocycles. The topological polar surface area (TPSA) is 50.3 Å². The van der Waals surface area contributed by atoms with Crippen LogP contribution in [0.5, 0.6) is 0 Å². The molecule has 1 aliphatic rings. The SMILES string of the molecule is O=C1c2ccc(Br)cc2C(=O)N1c1ccc(Br)nc1. The van der Waals surface area contributed by atoms with E-state index in [1.54, 1.807) is 30.3 Å². The fourth-order valence-electron chi connectivity index (χ4n) is 1.95. The number of fused-ring (bicyclic) bond motifs is 1. The Morgan fingerprint density at radius 2 is 1.68 bits per heavy atom. The number of aromatic nitrogens is 1. The van der Waals surface area contributed by atoms with Crippen LogP contribution in [0.25, 0.3) is 0 Å². The highest BCUT2D eigenvalue weighted by Gasteiger charge is 2.36. The zero-order chi connectivity index (χ0) is 13.6. The molecule has 0 saturated heterocycles. The fraction of sp³-hybridized carbons (Fsp3) is 0. The monoisotopic (exact) mass is 380 g/mol. The summed E-state index contributed by atoms with van der Waals surface area (Å²) in [5.41, 5.74) is 1.28. The van der Waals surface area contributed by atoms with Gasteiger partial charge in [-0.1, -0.05) is 15.9 Å². The Kier molecular flexibility index (Phi) is 2.99. The van der Waals surface area contributed by atoms with Gasteiger partial charge in [0.2, 0.25) is 0 Å². The highest BCUT2D eigenvalue weighted by atomic mass is 79.9. The lowest BCUT2D eigenvalue weighted by Crippen LogP contribution is -2.29. The molecule has 1 aliphatic heterocycles. The van der Waals surface area contributed by atoms with Crippen LogP contribution in [-0.2, 0) is 0 Å². The number of hydrogen-bond donors (Lipinski definition) is 0. The zero-order valence-electron chi connectivity index (χ0n) is 9.43. The first-order valence-electron chi connectivity index (χ1n) is 5.38. The molecule has 2 aromatic rings. The lowest BCUT2D eigenvalue weighted by molar-refractivity contribution is 0.0926. The van der Waals surface area contributed by atoms with E-state index in [9.17, 15) is 9.59 Å². The van der Waals surface area contributed by atoms with E-state index in [2.05, 4.69) is 36.8 Å². The summed E-state index contributed by atoms with van der Waals surface area (Å²) in [7, 11) is 0. The smallest absolute Gasteiger partial charge is 0.266 e. The Hall–Kier alpha value is -1.53. The largest absolute Gasteiger partial charge is 0.268 e. The number of carbonyl (C=O) groups is 2. The average molecular weight is 382 g/mol. The van der Waals surface area contributed by atoms with Crippen molar-refractivity contribution in [2.45, 2.75) is 0 Å². The minimum Gasteiger partial charge on any atom is -0.268 e. The molecular formula is C13H6Br2N2O2. The van der Waals surface area contributed by atoms with E-state index in [0.29, 0.717) is 21.4 Å². The van der Waals surface area contributed by atoms with Gasteiger partial charge in [0, 0.05) is 4.47 Å². The molecule has 0 unspecified atom stereocenters. The van der Waals surface area contributed by atoms with Crippen LogP contribution in [0.2, 0.25) is 0 Å². The molecule has 0 bridgehead atoms. The van der Waals surface area contributed by atoms with Crippen molar-refractivity contribution in [2.75, 3.05) is 4.90 Å². The van der Waals surface area contributed by atoms with Gasteiger partial charge in [0.1, 0.15) is 4.60 Å². The van der Waals surface area contributed by atoms with E-state index in [-0.39, 0.29) is 11.8 Å². The molecule has 0 radical (unpaired) electrons. The predicted octanol–water partition coefficient (Wildman–Crippen LogP) is 3.41. The van der Waals surface area contributed by atoms with Gasteiger partial charge >= 0.3 is 0 Å². The third-order valence-corrected chi connectivity index (χ3v) is 3.78. The number of carbonyl (C=O) groups excluding carboxylic acids is 2. The van der Waals surface area contributed by atoms with Gasteiger partial charge in [-0.05, 0) is 46.3 Å². The summed E-state index contributed by atoms with van der Waals surface area (Å²) in [6.07, 6.45) is 1.49. The number of imide groups is 1. The average Bonchev–Trinajstić information content (AvgIpc) is 2.63. The van der Waals surface area contributed by atoms with E-state index in [4.69, 9.17) is 0 Å². The van der Waals surface area contributed by atoms with Crippen LogP contribution in [0.1, 0.15) is 20.7 Å². The molecule has 0 saturated carbocycles. The van der Waals surface area contributed by atoms with Crippen LogP contribution in [-0.4, -0.2) is 16.8 Å². The summed E-state index contributed by atoms with van der Waals surface area (Å²) in [6.45, 7) is 0. The van der Waals surface area contributed by atoms with Gasteiger partial charge in [0.15, 0.2) is 0 Å². The second kappa shape index (κ2) is 4.54. The Morgan fingerprint density at radius 3 is 2.37 bits per heavy atom. The number of halogens is 2. The first-order valence-corrected chi connectivity index (χ1v) is 6.96. The molecule has 3 rings (SSSR count). The summed E-state index contributed by atoms with van der Waals surface area (Å²) in [5, 5.41) is 0. The van der Waals surface area contributed by atoms with Crippen molar-refractivity contribution in [2.24, 2.45) is 0 Å². The molecule has 0 spiro atoms. The molecule has 0 N–H and O–H groups in total. The highest BCUT2D eigenvalue weighted by Crippen LogP contribution is 2.30. The van der Waals surface area contributed by atoms with Crippen molar-refractivity contribution < 1.29 is 9.59 Å². The number of rotatable bonds is 1. The Balaban J connectivity index is 2.10. The van der Waals surface area contributed by atoms with Crippen LogP contribution < -0.4 is 4.90 Å². The number of benzene rings is 1. The van der Waals surface area contributed by atoms with E-state index in [1.807, 2.05) is 0 Å². The molecule has 1 aromatic carbocycles. The summed E-state index contributed by atoms with van der Waals surface area (Å²) >= 11 is 6.51. The lowest BCUT2D eigenvalue weighted by atomic mass is 10.1. The maximum absolute atomic E-state index is 12.3. The quantitative estimate of drug-likeness (QED) is 0.561. The molecule has 2 amide bonds. The maximum atomic E-state index is 12.3. The van der Waals surface area contributed by atoms with Crippen molar-refractivity contribution in [1.29, 1.82) is 0 Å². The molecule has 19 heavy (non-hydrogen) atoms. The van der Waals surface area contributed by atoms with Gasteiger partial charge < -0.3 is 0 Å². The molecule has 2 heterocycles. The highest BCUT2D eigenvalue weighted by molar-refractivity contribution is 9.10. The van der Waals surface area contributed by atoms with E-state index in [1.165, 1.54) is 6.20 Å². The molecule has 94 valence electrons. The number of hydrogen-bond acceptors (Lipinski definition) is 3. The van der Waals surface area contributed by atoms with E-state index in [0.717, 1.165) is 9.37 Å². The first-order chi connectivity index (χ1) is 9.08. The molecule has 0 aliphatic carbocycles. The Morgan fingerprint density at radius 1 is 0.947 bits per heavy atom. The fourth-order valence-corrected chi connectivity index (χ4v) is 2.54. The summed E-state index contributed by atoms with van der Waals surface area (Å²) in [4.78, 5) is 29.7. The van der Waals surface area contributed by atoms with Gasteiger partial charge in [0.25, 0.3) is 11.8 Å². The standard InChI is InChI=1S/C13H6Br2N2O2/c14-7-1-3-9-10(5-7)13(19)17(12(9)18)8-2-4-11(15)16-6-8/h1-6H. The lowest BCUT2D eigenvalue weighted by Gasteiger charge is -2.12. The van der Waals surface area contributed by atoms with Crippen molar-refractivity contribution in [1.82, 2.24) is 4.98 Å². The van der Waals surface area contributed by atoms with E-state index >= 15 is 0 Å². The van der Waals surface area contributed by atoms with Gasteiger partial charge in [-0.25, -0.2) is 9.88 Å². The number of anilines is 1. The van der Waals surface area contributed by atoms with Crippen LogP contribution >= 0.6 is 31.9 Å². The second-order valence-corrected chi connectivity index (χ2v) is 5.70. The Bertz CT molecular complexity index is 698. The molecule has 0 fully saturated rings.